The van der Waals surface area contributed by atoms with Gasteiger partial charge in [-0.15, -0.1) is 0 Å². The Morgan fingerprint density at radius 2 is 2.18 bits per heavy atom. The van der Waals surface area contributed by atoms with Gasteiger partial charge in [-0.25, -0.2) is 8.42 Å². The molecule has 0 bridgehead atoms. The van der Waals surface area contributed by atoms with Gasteiger partial charge in [-0.05, 0) is 12.8 Å². The Bertz CT molecular complexity index is 395. The maximum atomic E-state index is 11.6. The Kier molecular flexibility index (Phi) is 3.70. The van der Waals surface area contributed by atoms with Crippen molar-refractivity contribution in [3.8, 4) is 0 Å². The molecule has 0 aromatic rings. The molecule has 0 saturated carbocycles. The first-order chi connectivity index (χ1) is 7.99. The van der Waals surface area contributed by atoms with Crippen LogP contribution in [0.25, 0.3) is 0 Å². The van der Waals surface area contributed by atoms with Crippen LogP contribution in [0, 0.1) is 0 Å². The zero-order valence-electron chi connectivity index (χ0n) is 9.63. The average Bonchev–Trinajstić information content (AvgIpc) is 2.27. The summed E-state index contributed by atoms with van der Waals surface area (Å²) in [6.07, 6.45) is 1.42. The van der Waals surface area contributed by atoms with Crippen molar-refractivity contribution in [1.82, 2.24) is 10.2 Å². The van der Waals surface area contributed by atoms with Crippen LogP contribution in [0.1, 0.15) is 12.8 Å². The highest BCUT2D eigenvalue weighted by molar-refractivity contribution is 7.91. The molecular weight excluding hydrogens is 244 g/mol. The third-order valence-electron chi connectivity index (χ3n) is 3.48. The Morgan fingerprint density at radius 1 is 1.41 bits per heavy atom. The Labute approximate surface area is 101 Å². The van der Waals surface area contributed by atoms with E-state index < -0.39 is 21.8 Å². The summed E-state index contributed by atoms with van der Waals surface area (Å²) in [7, 11) is -2.99. The molecule has 2 fully saturated rings. The van der Waals surface area contributed by atoms with Crippen molar-refractivity contribution in [3.05, 3.63) is 0 Å². The van der Waals surface area contributed by atoms with Crippen LogP contribution in [-0.2, 0) is 14.6 Å². The van der Waals surface area contributed by atoms with Crippen LogP contribution in [0.2, 0.25) is 0 Å². The summed E-state index contributed by atoms with van der Waals surface area (Å²) in [5.74, 6) is -0.524. The highest BCUT2D eigenvalue weighted by Crippen LogP contribution is 2.20. The number of sulfone groups is 1. The van der Waals surface area contributed by atoms with E-state index in [-0.39, 0.29) is 17.5 Å². The van der Waals surface area contributed by atoms with Crippen LogP contribution in [0.5, 0.6) is 0 Å². The molecule has 0 aliphatic carbocycles. The first kappa shape index (κ1) is 12.8. The molecule has 0 radical (unpaired) electrons. The number of nitrogens with zero attached hydrogens (tertiary/aromatic N) is 1. The molecule has 0 amide bonds. The number of carboxylic acids is 1. The zero-order valence-corrected chi connectivity index (χ0v) is 10.4. The zero-order chi connectivity index (χ0) is 12.5. The standard InChI is InChI=1S/C10H18N2O4S/c13-10(14)9-6-11-3-4-12(9)8-2-1-5-17(15,16)7-8/h8-9,11H,1-7H2,(H,13,14). The lowest BCUT2D eigenvalue weighted by Crippen LogP contribution is -2.60. The Morgan fingerprint density at radius 3 is 2.82 bits per heavy atom. The molecule has 2 aliphatic rings. The maximum Gasteiger partial charge on any atom is 0.322 e. The van der Waals surface area contributed by atoms with E-state index in [0.717, 1.165) is 13.0 Å². The van der Waals surface area contributed by atoms with Crippen LogP contribution in [-0.4, -0.2) is 67.6 Å². The molecule has 2 heterocycles. The van der Waals surface area contributed by atoms with E-state index in [9.17, 15) is 13.2 Å². The number of hydrogen-bond acceptors (Lipinski definition) is 5. The van der Waals surface area contributed by atoms with E-state index in [0.29, 0.717) is 19.5 Å². The first-order valence-corrected chi connectivity index (χ1v) is 7.71. The molecule has 0 aromatic heterocycles. The van der Waals surface area contributed by atoms with Crippen molar-refractivity contribution >= 4 is 15.8 Å². The van der Waals surface area contributed by atoms with E-state index >= 15 is 0 Å². The van der Waals surface area contributed by atoms with Crippen molar-refractivity contribution < 1.29 is 18.3 Å². The van der Waals surface area contributed by atoms with Crippen molar-refractivity contribution in [1.29, 1.82) is 0 Å². The molecule has 98 valence electrons. The summed E-state index contributed by atoms with van der Waals surface area (Å²) in [6.45, 7) is 1.73. The van der Waals surface area contributed by atoms with Crippen LogP contribution < -0.4 is 5.32 Å². The van der Waals surface area contributed by atoms with Crippen LogP contribution in [0.4, 0.5) is 0 Å². The molecule has 2 atom stereocenters. The van der Waals surface area contributed by atoms with E-state index in [2.05, 4.69) is 5.32 Å². The Balaban J connectivity index is 2.11. The fourth-order valence-electron chi connectivity index (χ4n) is 2.65. The molecule has 2 aliphatic heterocycles. The van der Waals surface area contributed by atoms with Gasteiger partial charge in [-0.1, -0.05) is 0 Å². The Hall–Kier alpha value is -0.660. The lowest BCUT2D eigenvalue weighted by atomic mass is 10.1. The quantitative estimate of drug-likeness (QED) is 0.658. The number of aliphatic carboxylic acids is 1. The molecular formula is C10H18N2O4S. The van der Waals surface area contributed by atoms with E-state index in [4.69, 9.17) is 5.11 Å². The molecule has 2 rings (SSSR count). The van der Waals surface area contributed by atoms with Gasteiger partial charge in [-0.2, -0.15) is 0 Å². The van der Waals surface area contributed by atoms with E-state index in [1.54, 1.807) is 0 Å². The molecule has 2 saturated heterocycles. The van der Waals surface area contributed by atoms with Crippen molar-refractivity contribution in [2.24, 2.45) is 0 Å². The monoisotopic (exact) mass is 262 g/mol. The maximum absolute atomic E-state index is 11.6. The first-order valence-electron chi connectivity index (χ1n) is 5.89. The van der Waals surface area contributed by atoms with Gasteiger partial charge < -0.3 is 10.4 Å². The largest absolute Gasteiger partial charge is 0.480 e. The fraction of sp³-hybridized carbons (Fsp3) is 0.900. The second kappa shape index (κ2) is 4.91. The SMILES string of the molecule is O=C(O)C1CNCCN1C1CCCS(=O)(=O)C1. The number of nitrogens with one attached hydrogen (secondary N) is 1. The molecule has 0 aromatic carbocycles. The highest BCUT2D eigenvalue weighted by Gasteiger charge is 2.37. The number of carbonyl (C=O) groups is 1. The molecule has 6 nitrogen and oxygen atoms in total. The van der Waals surface area contributed by atoms with Crippen molar-refractivity contribution in [2.45, 2.75) is 24.9 Å². The minimum Gasteiger partial charge on any atom is -0.480 e. The second-order valence-corrected chi connectivity index (χ2v) is 6.94. The fourth-order valence-corrected chi connectivity index (χ4v) is 4.36. The number of hydrogen-bond donors (Lipinski definition) is 2. The summed E-state index contributed by atoms with van der Waals surface area (Å²) >= 11 is 0. The van der Waals surface area contributed by atoms with Gasteiger partial charge >= 0.3 is 5.97 Å². The topological polar surface area (TPSA) is 86.7 Å². The molecule has 7 heteroatoms. The molecule has 2 unspecified atom stereocenters. The summed E-state index contributed by atoms with van der Waals surface area (Å²) in [6, 6.07) is -0.723. The molecule has 17 heavy (non-hydrogen) atoms. The van der Waals surface area contributed by atoms with Crippen LogP contribution in [0.3, 0.4) is 0 Å². The van der Waals surface area contributed by atoms with Gasteiger partial charge in [0.25, 0.3) is 0 Å². The average molecular weight is 262 g/mol. The lowest BCUT2D eigenvalue weighted by Gasteiger charge is -2.40. The summed E-state index contributed by atoms with van der Waals surface area (Å²) in [4.78, 5) is 13.0. The number of rotatable bonds is 2. The predicted octanol–water partition coefficient (Wildman–Crippen LogP) is -1.08. The van der Waals surface area contributed by atoms with Crippen LogP contribution >= 0.6 is 0 Å². The molecule has 0 spiro atoms. The third-order valence-corrected chi connectivity index (χ3v) is 5.28. The normalized spacial score (nSPS) is 34.4. The van der Waals surface area contributed by atoms with Crippen LogP contribution in [0.15, 0.2) is 0 Å². The smallest absolute Gasteiger partial charge is 0.322 e. The number of piperazine rings is 1. The van der Waals surface area contributed by atoms with E-state index in [1.165, 1.54) is 0 Å². The van der Waals surface area contributed by atoms with Crippen molar-refractivity contribution in [2.75, 3.05) is 31.1 Å². The third kappa shape index (κ3) is 2.97. The van der Waals surface area contributed by atoms with Crippen molar-refractivity contribution in [3.63, 3.8) is 0 Å². The van der Waals surface area contributed by atoms with Gasteiger partial charge in [0.2, 0.25) is 0 Å². The summed E-state index contributed by atoms with van der Waals surface area (Å²) in [5.41, 5.74) is 0. The lowest BCUT2D eigenvalue weighted by molar-refractivity contribution is -0.145. The predicted molar refractivity (Wildman–Crippen MR) is 62.7 cm³/mol. The minimum absolute atomic E-state index is 0.108. The van der Waals surface area contributed by atoms with E-state index in [1.807, 2.05) is 4.90 Å². The summed E-state index contributed by atoms with van der Waals surface area (Å²) < 4.78 is 23.2. The highest BCUT2D eigenvalue weighted by atomic mass is 32.2. The van der Waals surface area contributed by atoms with Gasteiger partial charge in [0, 0.05) is 25.7 Å². The molecule has 2 N–H and O–H groups in total. The van der Waals surface area contributed by atoms with Gasteiger partial charge in [-0.3, -0.25) is 9.69 Å². The number of carboxylic acid groups (broad SMARTS) is 1. The van der Waals surface area contributed by atoms with Gasteiger partial charge in [0.1, 0.15) is 6.04 Å². The minimum atomic E-state index is -2.99. The van der Waals surface area contributed by atoms with Gasteiger partial charge in [0.15, 0.2) is 9.84 Å². The van der Waals surface area contributed by atoms with Gasteiger partial charge in [0.05, 0.1) is 11.5 Å². The second-order valence-electron chi connectivity index (χ2n) is 4.71. The summed E-state index contributed by atoms with van der Waals surface area (Å²) in [5, 5.41) is 12.2.